The lowest BCUT2D eigenvalue weighted by molar-refractivity contribution is -0.137. The van der Waals surface area contributed by atoms with Gasteiger partial charge in [-0.05, 0) is 117 Å². The van der Waals surface area contributed by atoms with Crippen LogP contribution in [-0.2, 0) is 25.6 Å². The summed E-state index contributed by atoms with van der Waals surface area (Å²) in [5.74, 6) is 0.0592. The van der Waals surface area contributed by atoms with Crippen molar-refractivity contribution >= 4 is 46.2 Å². The van der Waals surface area contributed by atoms with Crippen molar-refractivity contribution in [1.82, 2.24) is 55.1 Å². The number of hydrogen-bond donors (Lipinski definition) is 3. The molecule has 3 atom stereocenters. The first-order valence-electron chi connectivity index (χ1n) is 29.5. The van der Waals surface area contributed by atoms with E-state index in [1.807, 2.05) is 53.2 Å². The van der Waals surface area contributed by atoms with Gasteiger partial charge in [-0.2, -0.15) is 5.10 Å². The van der Waals surface area contributed by atoms with Crippen molar-refractivity contribution in [3.05, 3.63) is 111 Å². The Morgan fingerprint density at radius 2 is 1.43 bits per heavy atom. The summed E-state index contributed by atoms with van der Waals surface area (Å²) in [5.41, 5.74) is 2.57. The summed E-state index contributed by atoms with van der Waals surface area (Å²) in [5, 5.41) is 14.6. The molecular weight excluding hydrogens is 1020 g/mol. The van der Waals surface area contributed by atoms with Crippen LogP contribution in [0.3, 0.4) is 0 Å². The number of nitrogens with one attached hydrogen (secondary N) is 3. The number of piperidine rings is 3. The second-order valence-corrected chi connectivity index (χ2v) is 23.5. The number of amides is 6. The minimum absolute atomic E-state index is 0.0115. The van der Waals surface area contributed by atoms with Crippen LogP contribution in [0.25, 0.3) is 10.8 Å². The van der Waals surface area contributed by atoms with E-state index in [-0.39, 0.29) is 59.0 Å². The van der Waals surface area contributed by atoms with Crippen LogP contribution in [0.15, 0.2) is 71.5 Å². The number of piperazine rings is 2. The number of benzene rings is 3. The Labute approximate surface area is 468 Å². The Kier molecular flexibility index (Phi) is 18.7. The third-order valence-electron chi connectivity index (χ3n) is 18.1. The fourth-order valence-corrected chi connectivity index (χ4v) is 13.2. The van der Waals surface area contributed by atoms with Gasteiger partial charge in [0.05, 0.1) is 29.7 Å². The quantitative estimate of drug-likeness (QED) is 0.145. The molecule has 6 aliphatic rings. The molecule has 6 heterocycles. The molecule has 18 nitrogen and oxygen atoms in total. The molecule has 5 aliphatic heterocycles. The molecule has 6 fully saturated rings. The van der Waals surface area contributed by atoms with Gasteiger partial charge < -0.3 is 35.1 Å². The first-order valence-corrected chi connectivity index (χ1v) is 29.5. The minimum Gasteiger partial charge on any atom is -0.345 e. The van der Waals surface area contributed by atoms with Crippen molar-refractivity contribution in [1.29, 1.82) is 0 Å². The SMILES string of the molecule is CN1CC(CNCC(=O)N2CCCC(c3cccc(C(=O)N[C@@H](C(=O)N4CCN(CC5CCN(CC(=O)N6CCN(C(=O)c7cc(Cc8n[nH]c(=O)c9ccccc89)ccc7F)CC6)CC5)CC4)C4CCCCC4)c3)C2)CCC1=O. The molecule has 6 amide bonds. The Balaban J connectivity index is 0.646. The average molecular weight is 1100 g/mol. The van der Waals surface area contributed by atoms with Gasteiger partial charge in [-0.25, -0.2) is 9.49 Å². The predicted octanol–water partition coefficient (Wildman–Crippen LogP) is 4.34. The van der Waals surface area contributed by atoms with Crippen LogP contribution in [-0.4, -0.2) is 204 Å². The lowest BCUT2D eigenvalue weighted by atomic mass is 9.83. The van der Waals surface area contributed by atoms with Crippen LogP contribution in [0, 0.1) is 23.6 Å². The number of carbonyl (C=O) groups is 6. The fraction of sp³-hybridized carbons (Fsp3) is 0.574. The van der Waals surface area contributed by atoms with E-state index in [1.165, 1.54) is 6.07 Å². The summed E-state index contributed by atoms with van der Waals surface area (Å²) in [7, 11) is 1.84. The minimum atomic E-state index is -0.609. The van der Waals surface area contributed by atoms with Gasteiger partial charge in [0.1, 0.15) is 11.9 Å². The summed E-state index contributed by atoms with van der Waals surface area (Å²) in [6.07, 6.45) is 10.5. The molecule has 0 spiro atoms. The molecule has 1 aliphatic carbocycles. The zero-order valence-electron chi connectivity index (χ0n) is 46.6. The van der Waals surface area contributed by atoms with E-state index in [1.54, 1.807) is 39.0 Å². The number of H-pyrrole nitrogens is 1. The van der Waals surface area contributed by atoms with Crippen LogP contribution < -0.4 is 16.2 Å². The van der Waals surface area contributed by atoms with Crippen LogP contribution in [0.4, 0.5) is 4.39 Å². The second-order valence-electron chi connectivity index (χ2n) is 23.5. The highest BCUT2D eigenvalue weighted by molar-refractivity contribution is 5.98. The smallest absolute Gasteiger partial charge is 0.272 e. The summed E-state index contributed by atoms with van der Waals surface area (Å²) < 4.78 is 15.2. The highest BCUT2D eigenvalue weighted by atomic mass is 19.1. The molecule has 3 aromatic carbocycles. The Morgan fingerprint density at radius 3 is 2.19 bits per heavy atom. The summed E-state index contributed by atoms with van der Waals surface area (Å²) in [6, 6.07) is 18.8. The molecule has 80 heavy (non-hydrogen) atoms. The topological polar surface area (TPSA) is 195 Å². The standard InChI is InChI=1S/C61H80FN11O7/c1-67-38-44(17-19-54(67)74)36-63-37-55(75)73-22-8-13-48(40-73)46-11-7-12-47(35-46)58(77)64-57(45-9-3-2-4-10-45)61(80)72-27-25-69(26-28-72)39-42-20-23-68(24-21-42)41-56(76)70-29-31-71(32-30-70)60(79)51-33-43(16-18-52(51)62)34-53-49-14-5-6-15-50(49)59(78)66-65-53/h5-7,11-12,14-16,18,33,35,42,44-45,48,57,63H,2-4,8-10,13,17,19-32,34,36-41H2,1H3,(H,64,77)(H,66,78)/t44?,48?,57-/m1/s1. The molecule has 4 aromatic rings. The first-order chi connectivity index (χ1) is 38.8. The number of aromatic amines is 1. The maximum absolute atomic E-state index is 15.2. The summed E-state index contributed by atoms with van der Waals surface area (Å²) >= 11 is 0. The average Bonchev–Trinajstić information content (AvgIpc) is 3.51. The van der Waals surface area contributed by atoms with Crippen molar-refractivity contribution in [2.45, 2.75) is 89.0 Å². The Bertz CT molecular complexity index is 2930. The maximum Gasteiger partial charge on any atom is 0.272 e. The van der Waals surface area contributed by atoms with Gasteiger partial charge in [0.25, 0.3) is 17.4 Å². The largest absolute Gasteiger partial charge is 0.345 e. The zero-order valence-corrected chi connectivity index (χ0v) is 46.6. The molecule has 1 aromatic heterocycles. The van der Waals surface area contributed by atoms with E-state index >= 15 is 4.39 Å². The van der Waals surface area contributed by atoms with Crippen LogP contribution >= 0.6 is 0 Å². The Morgan fingerprint density at radius 1 is 0.688 bits per heavy atom. The van der Waals surface area contributed by atoms with Crippen molar-refractivity contribution < 1.29 is 33.2 Å². The van der Waals surface area contributed by atoms with Gasteiger partial charge in [0.15, 0.2) is 0 Å². The zero-order chi connectivity index (χ0) is 55.7. The third kappa shape index (κ3) is 13.9. The molecular formula is C61H80FN11O7. The molecule has 10 rings (SSSR count). The number of fused-ring (bicyclic) bond motifs is 1. The molecule has 19 heteroatoms. The monoisotopic (exact) mass is 1100 g/mol. The van der Waals surface area contributed by atoms with Gasteiger partial charge in [-0.1, -0.05) is 55.7 Å². The lowest BCUT2D eigenvalue weighted by Crippen LogP contribution is -2.57. The number of rotatable bonds is 16. The van der Waals surface area contributed by atoms with E-state index in [9.17, 15) is 33.6 Å². The number of carbonyl (C=O) groups excluding carboxylic acids is 6. The van der Waals surface area contributed by atoms with Gasteiger partial charge in [0, 0.05) is 122 Å². The third-order valence-corrected chi connectivity index (χ3v) is 18.1. The highest BCUT2D eigenvalue weighted by Gasteiger charge is 2.37. The fourth-order valence-electron chi connectivity index (χ4n) is 13.2. The van der Waals surface area contributed by atoms with Crippen molar-refractivity contribution in [2.75, 3.05) is 118 Å². The summed E-state index contributed by atoms with van der Waals surface area (Å²) in [6.45, 7) is 10.0. The van der Waals surface area contributed by atoms with E-state index < -0.39 is 17.8 Å². The maximum atomic E-state index is 15.2. The normalized spacial score (nSPS) is 21.7. The molecule has 2 unspecified atom stereocenters. The second kappa shape index (κ2) is 26.3. The van der Waals surface area contributed by atoms with E-state index in [0.29, 0.717) is 124 Å². The van der Waals surface area contributed by atoms with Crippen molar-refractivity contribution in [3.8, 4) is 0 Å². The highest BCUT2D eigenvalue weighted by Crippen LogP contribution is 2.31. The Hall–Kier alpha value is -6.57. The van der Waals surface area contributed by atoms with Crippen molar-refractivity contribution in [2.24, 2.45) is 17.8 Å². The van der Waals surface area contributed by atoms with Crippen LogP contribution in [0.1, 0.15) is 114 Å². The predicted molar refractivity (Wildman–Crippen MR) is 302 cm³/mol. The number of likely N-dealkylation sites (tertiary alicyclic amines) is 3. The van der Waals surface area contributed by atoms with E-state index in [0.717, 1.165) is 102 Å². The molecule has 0 radical (unpaired) electrons. The van der Waals surface area contributed by atoms with Gasteiger partial charge in [-0.15, -0.1) is 0 Å². The number of nitrogens with zero attached hydrogens (tertiary/aromatic N) is 8. The van der Waals surface area contributed by atoms with Gasteiger partial charge in [-0.3, -0.25) is 43.4 Å². The van der Waals surface area contributed by atoms with Crippen LogP contribution in [0.5, 0.6) is 0 Å². The molecule has 0 bridgehead atoms. The number of halogens is 1. The van der Waals surface area contributed by atoms with Crippen LogP contribution in [0.2, 0.25) is 0 Å². The first kappa shape index (κ1) is 56.7. The number of hydrogen-bond acceptors (Lipinski definition) is 11. The van der Waals surface area contributed by atoms with E-state index in [4.69, 9.17) is 0 Å². The van der Waals surface area contributed by atoms with E-state index in [2.05, 4.69) is 30.6 Å². The lowest BCUT2D eigenvalue weighted by Gasteiger charge is -2.41. The van der Waals surface area contributed by atoms with Gasteiger partial charge in [0.2, 0.25) is 23.6 Å². The summed E-state index contributed by atoms with van der Waals surface area (Å²) in [4.78, 5) is 107. The molecule has 5 saturated heterocycles. The molecule has 1 saturated carbocycles. The van der Waals surface area contributed by atoms with Gasteiger partial charge >= 0.3 is 0 Å². The van der Waals surface area contributed by atoms with Crippen molar-refractivity contribution in [3.63, 3.8) is 0 Å². The molecule has 428 valence electrons. The molecule has 3 N–H and O–H groups in total. The number of aromatic nitrogens is 2.